The standard InChI is InChI=1S/C26H23N5OS2/c32-25-23(34-26(33)31(25)14-5-1-2-11-24-27-29-30-28-24)16-18-7-6-10-20(15-18)22-13-12-19-8-3-4-9-21(19)17-22/h3-4,6-10,12-13,15-17H,1-2,5,11,14H2,(H,27,28,29,30). The number of aromatic amines is 1. The smallest absolute Gasteiger partial charge is 0.266 e. The second-order valence-corrected chi connectivity index (χ2v) is 9.84. The summed E-state index contributed by atoms with van der Waals surface area (Å²) in [7, 11) is 0. The van der Waals surface area contributed by atoms with Crippen LogP contribution in [-0.4, -0.2) is 42.3 Å². The van der Waals surface area contributed by atoms with Crippen molar-refractivity contribution in [3.8, 4) is 11.1 Å². The maximum Gasteiger partial charge on any atom is 0.266 e. The molecular formula is C26H23N5OS2. The minimum Gasteiger partial charge on any atom is -0.293 e. The number of amides is 1. The van der Waals surface area contributed by atoms with Crippen molar-refractivity contribution < 1.29 is 4.79 Å². The second-order valence-electron chi connectivity index (χ2n) is 8.16. The third-order valence-electron chi connectivity index (χ3n) is 5.81. The number of thiocarbonyl (C=S) groups is 1. The van der Waals surface area contributed by atoms with Gasteiger partial charge in [0.15, 0.2) is 5.82 Å². The topological polar surface area (TPSA) is 74.8 Å². The minimum atomic E-state index is -0.00993. The van der Waals surface area contributed by atoms with Crippen LogP contribution in [0.15, 0.2) is 71.6 Å². The van der Waals surface area contributed by atoms with Gasteiger partial charge in [-0.25, -0.2) is 0 Å². The van der Waals surface area contributed by atoms with Crippen LogP contribution >= 0.6 is 24.0 Å². The molecule has 1 amide bonds. The minimum absolute atomic E-state index is 0.00993. The van der Waals surface area contributed by atoms with E-state index >= 15 is 0 Å². The third-order valence-corrected chi connectivity index (χ3v) is 7.19. The van der Waals surface area contributed by atoms with Crippen molar-refractivity contribution in [2.24, 2.45) is 0 Å². The monoisotopic (exact) mass is 485 g/mol. The lowest BCUT2D eigenvalue weighted by molar-refractivity contribution is -0.122. The molecule has 1 saturated heterocycles. The van der Waals surface area contributed by atoms with E-state index in [0.29, 0.717) is 15.8 Å². The third kappa shape index (κ3) is 5.08. The molecule has 5 rings (SSSR count). The molecule has 170 valence electrons. The second kappa shape index (κ2) is 10.3. The molecule has 0 saturated carbocycles. The number of carbonyl (C=O) groups is 1. The number of carbonyl (C=O) groups excluding carboxylic acids is 1. The van der Waals surface area contributed by atoms with Crippen LogP contribution in [0.25, 0.3) is 28.0 Å². The molecule has 0 bridgehead atoms. The Balaban J connectivity index is 1.24. The van der Waals surface area contributed by atoms with Crippen LogP contribution in [0.5, 0.6) is 0 Å². The van der Waals surface area contributed by atoms with Gasteiger partial charge in [-0.15, -0.1) is 10.2 Å². The van der Waals surface area contributed by atoms with Gasteiger partial charge in [0.25, 0.3) is 5.91 Å². The van der Waals surface area contributed by atoms with E-state index in [0.717, 1.165) is 48.2 Å². The first-order chi connectivity index (χ1) is 16.7. The van der Waals surface area contributed by atoms with Crippen molar-refractivity contribution in [2.75, 3.05) is 6.54 Å². The molecule has 0 unspecified atom stereocenters. The summed E-state index contributed by atoms with van der Waals surface area (Å²) < 4.78 is 0.625. The number of fused-ring (bicyclic) bond motifs is 1. The lowest BCUT2D eigenvalue weighted by Gasteiger charge is -2.13. The van der Waals surface area contributed by atoms with Gasteiger partial charge in [-0.2, -0.15) is 5.21 Å². The average Bonchev–Trinajstić information content (AvgIpc) is 3.47. The normalized spacial score (nSPS) is 15.1. The van der Waals surface area contributed by atoms with Crippen molar-refractivity contribution in [3.05, 3.63) is 83.0 Å². The molecule has 2 heterocycles. The van der Waals surface area contributed by atoms with E-state index in [1.807, 2.05) is 18.2 Å². The molecule has 0 radical (unpaired) electrons. The molecule has 3 aromatic carbocycles. The van der Waals surface area contributed by atoms with Crippen LogP contribution in [0, 0.1) is 0 Å². The highest BCUT2D eigenvalue weighted by Crippen LogP contribution is 2.33. The molecule has 1 aliphatic heterocycles. The number of benzene rings is 3. The molecule has 4 aromatic rings. The number of thioether (sulfide) groups is 1. The Kier molecular flexibility index (Phi) is 6.78. The van der Waals surface area contributed by atoms with Crippen LogP contribution in [-0.2, 0) is 11.2 Å². The first-order valence-electron chi connectivity index (χ1n) is 11.2. The maximum absolute atomic E-state index is 13.0. The maximum atomic E-state index is 13.0. The van der Waals surface area contributed by atoms with Gasteiger partial charge in [-0.3, -0.25) is 9.69 Å². The molecule has 1 aromatic heterocycles. The fourth-order valence-electron chi connectivity index (χ4n) is 4.04. The number of nitrogens with one attached hydrogen (secondary N) is 1. The molecule has 1 fully saturated rings. The first kappa shape index (κ1) is 22.4. The van der Waals surface area contributed by atoms with Gasteiger partial charge < -0.3 is 0 Å². The Hall–Kier alpha value is -3.36. The summed E-state index contributed by atoms with van der Waals surface area (Å²) in [5.74, 6) is 0.712. The number of nitrogens with zero attached hydrogens (tertiary/aromatic N) is 4. The summed E-state index contributed by atoms with van der Waals surface area (Å²) in [6.45, 7) is 0.630. The lowest BCUT2D eigenvalue weighted by atomic mass is 9.99. The van der Waals surface area contributed by atoms with Crippen molar-refractivity contribution in [1.82, 2.24) is 25.5 Å². The molecule has 1 N–H and O–H groups in total. The molecule has 0 aliphatic carbocycles. The van der Waals surface area contributed by atoms with Crippen molar-refractivity contribution in [2.45, 2.75) is 25.7 Å². The number of aryl methyl sites for hydroxylation is 1. The van der Waals surface area contributed by atoms with Crippen LogP contribution in [0.2, 0.25) is 0 Å². The Labute approximate surface area is 207 Å². The summed E-state index contributed by atoms with van der Waals surface area (Å²) in [6.07, 6.45) is 5.53. The van der Waals surface area contributed by atoms with Gasteiger partial charge in [0.05, 0.1) is 4.91 Å². The number of hydrogen-bond acceptors (Lipinski definition) is 6. The van der Waals surface area contributed by atoms with Gasteiger partial charge in [0, 0.05) is 13.0 Å². The number of hydrogen-bond donors (Lipinski definition) is 1. The van der Waals surface area contributed by atoms with Crippen molar-refractivity contribution >= 4 is 51.1 Å². The van der Waals surface area contributed by atoms with Crippen molar-refractivity contribution in [3.63, 3.8) is 0 Å². The Morgan fingerprint density at radius 2 is 1.79 bits per heavy atom. The summed E-state index contributed by atoms with van der Waals surface area (Å²) in [5.41, 5.74) is 3.27. The summed E-state index contributed by atoms with van der Waals surface area (Å²) in [6, 6.07) is 23.1. The fraction of sp³-hybridized carbons (Fsp3) is 0.192. The molecule has 6 nitrogen and oxygen atoms in total. The predicted octanol–water partition coefficient (Wildman–Crippen LogP) is 5.63. The number of aromatic nitrogens is 4. The number of unbranched alkanes of at least 4 members (excludes halogenated alkanes) is 2. The van der Waals surface area contributed by atoms with E-state index in [1.54, 1.807) is 4.90 Å². The zero-order valence-electron chi connectivity index (χ0n) is 18.5. The highest BCUT2D eigenvalue weighted by atomic mass is 32.2. The molecule has 0 spiro atoms. The highest BCUT2D eigenvalue weighted by molar-refractivity contribution is 8.26. The van der Waals surface area contributed by atoms with Crippen molar-refractivity contribution in [1.29, 1.82) is 0 Å². The average molecular weight is 486 g/mol. The Morgan fingerprint density at radius 1 is 0.941 bits per heavy atom. The molecule has 0 atom stereocenters. The fourth-order valence-corrected chi connectivity index (χ4v) is 5.35. The van der Waals surface area contributed by atoms with Gasteiger partial charge in [-0.05, 0) is 58.5 Å². The van der Waals surface area contributed by atoms with Crippen LogP contribution < -0.4 is 0 Å². The van der Waals surface area contributed by atoms with Gasteiger partial charge in [0.1, 0.15) is 4.32 Å². The molecule has 1 aliphatic rings. The lowest BCUT2D eigenvalue weighted by Crippen LogP contribution is -2.29. The van der Waals surface area contributed by atoms with Gasteiger partial charge >= 0.3 is 0 Å². The van der Waals surface area contributed by atoms with E-state index in [9.17, 15) is 4.79 Å². The SMILES string of the molecule is O=C1C(=Cc2cccc(-c3ccc4ccccc4c3)c2)SC(=S)N1CCCCCc1nn[nH]n1. The van der Waals surface area contributed by atoms with Crippen LogP contribution in [0.3, 0.4) is 0 Å². The predicted molar refractivity (Wildman–Crippen MR) is 141 cm³/mol. The Bertz CT molecular complexity index is 1370. The van der Waals surface area contributed by atoms with E-state index in [4.69, 9.17) is 12.2 Å². The highest BCUT2D eigenvalue weighted by Gasteiger charge is 2.31. The molecule has 8 heteroatoms. The number of tetrazole rings is 1. The molecule has 34 heavy (non-hydrogen) atoms. The number of H-pyrrole nitrogens is 1. The van der Waals surface area contributed by atoms with Crippen LogP contribution in [0.1, 0.15) is 30.7 Å². The summed E-state index contributed by atoms with van der Waals surface area (Å²) >= 11 is 6.87. The largest absolute Gasteiger partial charge is 0.293 e. The van der Waals surface area contributed by atoms with E-state index < -0.39 is 0 Å². The Morgan fingerprint density at radius 3 is 2.65 bits per heavy atom. The zero-order chi connectivity index (χ0) is 23.3. The number of rotatable bonds is 8. The zero-order valence-corrected chi connectivity index (χ0v) is 20.1. The van der Waals surface area contributed by atoms with Gasteiger partial charge in [-0.1, -0.05) is 90.2 Å². The van der Waals surface area contributed by atoms with E-state index in [1.165, 1.54) is 22.5 Å². The first-order valence-corrected chi connectivity index (χ1v) is 12.5. The van der Waals surface area contributed by atoms with E-state index in [-0.39, 0.29) is 5.91 Å². The van der Waals surface area contributed by atoms with E-state index in [2.05, 4.69) is 75.2 Å². The van der Waals surface area contributed by atoms with Crippen LogP contribution in [0.4, 0.5) is 0 Å². The quantitative estimate of drug-likeness (QED) is 0.198. The molecular weight excluding hydrogens is 462 g/mol. The summed E-state index contributed by atoms with van der Waals surface area (Å²) in [5, 5.41) is 16.4. The summed E-state index contributed by atoms with van der Waals surface area (Å²) in [4.78, 5) is 15.4. The van der Waals surface area contributed by atoms with Gasteiger partial charge in [0.2, 0.25) is 0 Å².